The molecular weight excluding hydrogens is 218 g/mol. The van der Waals surface area contributed by atoms with Gasteiger partial charge in [-0.15, -0.1) is 11.3 Å². The number of rotatable bonds is 2. The van der Waals surface area contributed by atoms with Crippen LogP contribution in [0, 0.1) is 0 Å². The Kier molecular flexibility index (Phi) is 2.12. The summed E-state index contributed by atoms with van der Waals surface area (Å²) in [5.41, 5.74) is 0.132. The van der Waals surface area contributed by atoms with Gasteiger partial charge in [-0.3, -0.25) is 9.59 Å². The Morgan fingerprint density at radius 1 is 1.27 bits per heavy atom. The Morgan fingerprint density at radius 2 is 1.87 bits per heavy atom. The van der Waals surface area contributed by atoms with Gasteiger partial charge in [-0.1, -0.05) is 0 Å². The van der Waals surface area contributed by atoms with Crippen molar-refractivity contribution in [3.05, 3.63) is 28.5 Å². The summed E-state index contributed by atoms with van der Waals surface area (Å²) in [6, 6.07) is 1.44. The Balaban J connectivity index is 2.46. The van der Waals surface area contributed by atoms with Gasteiger partial charge >= 0.3 is 5.97 Å². The molecule has 1 aliphatic rings. The van der Waals surface area contributed by atoms with Crippen molar-refractivity contribution >= 4 is 34.8 Å². The monoisotopic (exact) mass is 223 g/mol. The maximum Gasteiger partial charge on any atom is 0.348 e. The van der Waals surface area contributed by atoms with Crippen molar-refractivity contribution in [3.8, 4) is 0 Å². The van der Waals surface area contributed by atoms with Crippen LogP contribution in [0.5, 0.6) is 0 Å². The lowest BCUT2D eigenvalue weighted by Gasteiger charge is -2.12. The number of carboxylic acid groups (broad SMARTS) is 1. The molecule has 1 aromatic heterocycles. The number of hydrogen-bond acceptors (Lipinski definition) is 4. The summed E-state index contributed by atoms with van der Waals surface area (Å²) in [6.07, 6.45) is 2.23. The van der Waals surface area contributed by atoms with Gasteiger partial charge in [0, 0.05) is 12.2 Å². The lowest BCUT2D eigenvalue weighted by molar-refractivity contribution is -0.119. The van der Waals surface area contributed by atoms with Crippen LogP contribution < -0.4 is 4.90 Å². The third kappa shape index (κ3) is 1.44. The SMILES string of the molecule is O=C(O)c1sccc1N1C(=O)C=CC1=O. The van der Waals surface area contributed by atoms with E-state index in [1.54, 1.807) is 0 Å². The molecule has 15 heavy (non-hydrogen) atoms. The van der Waals surface area contributed by atoms with E-state index in [9.17, 15) is 14.4 Å². The Bertz CT molecular complexity index is 470. The minimum atomic E-state index is -1.15. The summed E-state index contributed by atoms with van der Waals surface area (Å²) >= 11 is 0.975. The van der Waals surface area contributed by atoms with E-state index in [-0.39, 0.29) is 10.6 Å². The smallest absolute Gasteiger partial charge is 0.348 e. The number of hydrogen-bond donors (Lipinski definition) is 1. The van der Waals surface area contributed by atoms with E-state index in [2.05, 4.69) is 0 Å². The highest BCUT2D eigenvalue weighted by molar-refractivity contribution is 7.12. The summed E-state index contributed by atoms with van der Waals surface area (Å²) in [7, 11) is 0. The highest BCUT2D eigenvalue weighted by atomic mass is 32.1. The van der Waals surface area contributed by atoms with Crippen LogP contribution in [0.15, 0.2) is 23.6 Å². The van der Waals surface area contributed by atoms with Crippen LogP contribution in [0.4, 0.5) is 5.69 Å². The van der Waals surface area contributed by atoms with Crippen LogP contribution in [0.3, 0.4) is 0 Å². The highest BCUT2D eigenvalue weighted by Crippen LogP contribution is 2.28. The molecule has 0 aromatic carbocycles. The second-order valence-corrected chi connectivity index (χ2v) is 3.70. The largest absolute Gasteiger partial charge is 0.477 e. The summed E-state index contributed by atoms with van der Waals surface area (Å²) < 4.78 is 0. The predicted octanol–water partition coefficient (Wildman–Crippen LogP) is 0.876. The van der Waals surface area contributed by atoms with Crippen LogP contribution in [0.25, 0.3) is 0 Å². The van der Waals surface area contributed by atoms with Crippen molar-refractivity contribution in [3.63, 3.8) is 0 Å². The fourth-order valence-corrected chi connectivity index (χ4v) is 1.99. The molecule has 2 rings (SSSR count). The molecule has 2 amide bonds. The zero-order valence-corrected chi connectivity index (χ0v) is 8.15. The maximum absolute atomic E-state index is 11.3. The van der Waals surface area contributed by atoms with Crippen LogP contribution in [-0.2, 0) is 9.59 Å². The average molecular weight is 223 g/mol. The number of thiophene rings is 1. The first kappa shape index (κ1) is 9.60. The molecule has 1 N–H and O–H groups in total. The van der Waals surface area contributed by atoms with Crippen LogP contribution in [0.2, 0.25) is 0 Å². The van der Waals surface area contributed by atoms with Gasteiger partial charge in [0.2, 0.25) is 0 Å². The lowest BCUT2D eigenvalue weighted by Crippen LogP contribution is -2.30. The van der Waals surface area contributed by atoms with Crippen molar-refractivity contribution in [2.24, 2.45) is 0 Å². The number of nitrogens with zero attached hydrogens (tertiary/aromatic N) is 1. The van der Waals surface area contributed by atoms with Crippen LogP contribution in [-0.4, -0.2) is 22.9 Å². The van der Waals surface area contributed by atoms with Gasteiger partial charge in [0.25, 0.3) is 11.8 Å². The number of imide groups is 1. The Morgan fingerprint density at radius 3 is 2.40 bits per heavy atom. The molecule has 76 valence electrons. The second-order valence-electron chi connectivity index (χ2n) is 2.79. The van der Waals surface area contributed by atoms with Gasteiger partial charge in [-0.25, -0.2) is 9.69 Å². The average Bonchev–Trinajstić information content (AvgIpc) is 2.73. The van der Waals surface area contributed by atoms with Gasteiger partial charge in [-0.05, 0) is 11.4 Å². The summed E-state index contributed by atoms with van der Waals surface area (Å²) in [5, 5.41) is 10.4. The summed E-state index contributed by atoms with van der Waals surface area (Å²) in [5.74, 6) is -2.17. The van der Waals surface area contributed by atoms with Gasteiger partial charge in [0.15, 0.2) is 0 Å². The minimum Gasteiger partial charge on any atom is -0.477 e. The van der Waals surface area contributed by atoms with Gasteiger partial charge in [0.1, 0.15) is 4.88 Å². The fraction of sp³-hybridized carbons (Fsp3) is 0. The topological polar surface area (TPSA) is 74.7 Å². The van der Waals surface area contributed by atoms with Crippen LogP contribution >= 0.6 is 11.3 Å². The number of carbonyl (C=O) groups excluding carboxylic acids is 2. The number of carboxylic acids is 1. The number of aromatic carboxylic acids is 1. The molecule has 0 atom stereocenters. The lowest BCUT2D eigenvalue weighted by atomic mass is 10.3. The molecule has 1 aromatic rings. The van der Waals surface area contributed by atoms with E-state index < -0.39 is 17.8 Å². The standard InChI is InChI=1S/C9H5NO4S/c11-6-1-2-7(12)10(6)5-3-4-15-8(5)9(13)14/h1-4H,(H,13,14). The predicted molar refractivity (Wildman–Crippen MR) is 52.9 cm³/mol. The molecule has 5 nitrogen and oxygen atoms in total. The second kappa shape index (κ2) is 3.32. The number of carbonyl (C=O) groups is 3. The van der Waals surface area contributed by atoms with E-state index in [1.807, 2.05) is 0 Å². The van der Waals surface area contributed by atoms with Crippen molar-refractivity contribution in [2.75, 3.05) is 4.90 Å². The molecule has 6 heteroatoms. The van der Waals surface area contributed by atoms with E-state index in [1.165, 1.54) is 11.4 Å². The van der Waals surface area contributed by atoms with Crippen molar-refractivity contribution < 1.29 is 19.5 Å². The molecule has 0 fully saturated rings. The van der Waals surface area contributed by atoms with Gasteiger partial charge in [0.05, 0.1) is 5.69 Å². The normalized spacial score (nSPS) is 15.1. The quantitative estimate of drug-likeness (QED) is 0.755. The first-order chi connectivity index (χ1) is 7.11. The molecule has 0 unspecified atom stereocenters. The third-order valence-electron chi connectivity index (χ3n) is 1.89. The molecule has 0 spiro atoms. The van der Waals surface area contributed by atoms with Gasteiger partial charge in [-0.2, -0.15) is 0 Å². The first-order valence-electron chi connectivity index (χ1n) is 3.98. The van der Waals surface area contributed by atoms with Gasteiger partial charge < -0.3 is 5.11 Å². The zero-order valence-electron chi connectivity index (χ0n) is 7.34. The molecule has 0 radical (unpaired) electrons. The molecular formula is C9H5NO4S. The molecule has 1 aliphatic heterocycles. The summed E-state index contributed by atoms with van der Waals surface area (Å²) in [6.45, 7) is 0. The molecule has 2 heterocycles. The molecule has 0 aliphatic carbocycles. The first-order valence-corrected chi connectivity index (χ1v) is 4.86. The van der Waals surface area contributed by atoms with E-state index in [0.29, 0.717) is 0 Å². The molecule has 0 bridgehead atoms. The number of anilines is 1. The zero-order chi connectivity index (χ0) is 11.0. The van der Waals surface area contributed by atoms with Crippen molar-refractivity contribution in [2.45, 2.75) is 0 Å². The fourth-order valence-electron chi connectivity index (χ4n) is 1.28. The minimum absolute atomic E-state index is 0.0135. The molecule has 0 saturated heterocycles. The van der Waals surface area contributed by atoms with Crippen molar-refractivity contribution in [1.29, 1.82) is 0 Å². The summed E-state index contributed by atoms with van der Waals surface area (Å²) in [4.78, 5) is 34.2. The Hall–Kier alpha value is -1.95. The van der Waals surface area contributed by atoms with Crippen molar-refractivity contribution in [1.82, 2.24) is 0 Å². The van der Waals surface area contributed by atoms with E-state index in [0.717, 1.165) is 28.4 Å². The van der Waals surface area contributed by atoms with E-state index >= 15 is 0 Å². The third-order valence-corrected chi connectivity index (χ3v) is 2.78. The molecule has 0 saturated carbocycles. The van der Waals surface area contributed by atoms with Crippen LogP contribution in [0.1, 0.15) is 9.67 Å². The maximum atomic E-state index is 11.3. The number of amides is 2. The van der Waals surface area contributed by atoms with E-state index in [4.69, 9.17) is 5.11 Å². The highest BCUT2D eigenvalue weighted by Gasteiger charge is 2.29. The Labute approximate surface area is 88.2 Å².